The van der Waals surface area contributed by atoms with E-state index in [0.717, 1.165) is 12.1 Å². The van der Waals surface area contributed by atoms with Crippen LogP contribution in [0.15, 0.2) is 24.3 Å². The molecule has 0 aliphatic heterocycles. The maximum atomic E-state index is 11.2. The van der Waals surface area contributed by atoms with Crippen LogP contribution in [0.2, 0.25) is 0 Å². The smallest absolute Gasteiger partial charge is 0.337 e. The van der Waals surface area contributed by atoms with Crippen LogP contribution in [0.4, 0.5) is 0 Å². The van der Waals surface area contributed by atoms with Gasteiger partial charge in [0.15, 0.2) is 0 Å². The number of ether oxygens (including phenoxy) is 1. The molecule has 1 N–H and O–H groups in total. The summed E-state index contributed by atoms with van der Waals surface area (Å²) in [4.78, 5) is 11.2. The highest BCUT2D eigenvalue weighted by Gasteiger charge is 2.03. The van der Waals surface area contributed by atoms with E-state index >= 15 is 0 Å². The van der Waals surface area contributed by atoms with Gasteiger partial charge in [-0.3, -0.25) is 0 Å². The monoisotopic (exact) mass is 207 g/mol. The van der Waals surface area contributed by atoms with Gasteiger partial charge < -0.3 is 10.1 Å². The van der Waals surface area contributed by atoms with Gasteiger partial charge >= 0.3 is 5.97 Å². The molecule has 0 spiro atoms. The number of hydrogen-bond acceptors (Lipinski definition) is 3. The number of benzene rings is 1. The van der Waals surface area contributed by atoms with Gasteiger partial charge in [0.25, 0.3) is 0 Å². The Bertz CT molecular complexity index is 317. The number of carbonyl (C=O) groups is 1. The zero-order valence-electron chi connectivity index (χ0n) is 9.41. The molecule has 0 aromatic heterocycles. The van der Waals surface area contributed by atoms with Gasteiger partial charge in [0, 0.05) is 12.6 Å². The zero-order valence-corrected chi connectivity index (χ0v) is 9.41. The van der Waals surface area contributed by atoms with Gasteiger partial charge in [-0.1, -0.05) is 26.0 Å². The van der Waals surface area contributed by atoms with Crippen molar-refractivity contribution in [1.29, 1.82) is 0 Å². The van der Waals surface area contributed by atoms with Gasteiger partial charge in [-0.2, -0.15) is 0 Å². The number of rotatable bonds is 4. The van der Waals surface area contributed by atoms with Crippen LogP contribution >= 0.6 is 0 Å². The molecular formula is C12H17NO2. The first-order valence-electron chi connectivity index (χ1n) is 5.04. The number of methoxy groups -OCH3 is 1. The maximum Gasteiger partial charge on any atom is 0.337 e. The van der Waals surface area contributed by atoms with E-state index in [9.17, 15) is 4.79 Å². The lowest BCUT2D eigenvalue weighted by Crippen LogP contribution is -2.21. The second kappa shape index (κ2) is 5.51. The molecule has 0 atom stereocenters. The highest BCUT2D eigenvalue weighted by atomic mass is 16.5. The van der Waals surface area contributed by atoms with Gasteiger partial charge in [-0.05, 0) is 17.7 Å². The molecule has 0 fully saturated rings. The second-order valence-corrected chi connectivity index (χ2v) is 3.72. The van der Waals surface area contributed by atoms with E-state index in [0.29, 0.717) is 11.6 Å². The SMILES string of the molecule is COC(=O)c1ccc(CNC(C)C)cc1. The standard InChI is InChI=1S/C12H17NO2/c1-9(2)13-8-10-4-6-11(7-5-10)12(14)15-3/h4-7,9,13H,8H2,1-3H3. The fraction of sp³-hybridized carbons (Fsp3) is 0.417. The topological polar surface area (TPSA) is 38.3 Å². The normalized spacial score (nSPS) is 10.4. The lowest BCUT2D eigenvalue weighted by atomic mass is 10.1. The predicted molar refractivity (Wildman–Crippen MR) is 59.8 cm³/mol. The average molecular weight is 207 g/mol. The molecule has 0 saturated heterocycles. The average Bonchev–Trinajstić information content (AvgIpc) is 2.26. The molecule has 1 rings (SSSR count). The number of hydrogen-bond donors (Lipinski definition) is 1. The van der Waals surface area contributed by atoms with Crippen molar-refractivity contribution in [3.05, 3.63) is 35.4 Å². The van der Waals surface area contributed by atoms with Crippen molar-refractivity contribution in [3.63, 3.8) is 0 Å². The quantitative estimate of drug-likeness (QED) is 0.767. The second-order valence-electron chi connectivity index (χ2n) is 3.72. The minimum Gasteiger partial charge on any atom is -0.465 e. The maximum absolute atomic E-state index is 11.2. The lowest BCUT2D eigenvalue weighted by molar-refractivity contribution is 0.0600. The van der Waals surface area contributed by atoms with Gasteiger partial charge in [-0.15, -0.1) is 0 Å². The van der Waals surface area contributed by atoms with Crippen LogP contribution in [0, 0.1) is 0 Å². The fourth-order valence-corrected chi connectivity index (χ4v) is 1.20. The molecule has 3 nitrogen and oxygen atoms in total. The Morgan fingerprint density at radius 2 is 1.93 bits per heavy atom. The third-order valence-electron chi connectivity index (χ3n) is 2.09. The van der Waals surface area contributed by atoms with Crippen LogP contribution < -0.4 is 5.32 Å². The van der Waals surface area contributed by atoms with E-state index in [1.54, 1.807) is 12.1 Å². The summed E-state index contributed by atoms with van der Waals surface area (Å²) in [6, 6.07) is 7.89. The largest absolute Gasteiger partial charge is 0.465 e. The van der Waals surface area contributed by atoms with Crippen molar-refractivity contribution < 1.29 is 9.53 Å². The number of nitrogens with one attached hydrogen (secondary N) is 1. The first-order valence-corrected chi connectivity index (χ1v) is 5.04. The Morgan fingerprint density at radius 1 is 1.33 bits per heavy atom. The minimum absolute atomic E-state index is 0.293. The van der Waals surface area contributed by atoms with Crippen LogP contribution in [-0.4, -0.2) is 19.1 Å². The summed E-state index contributed by atoms with van der Waals surface area (Å²) in [5.41, 5.74) is 1.75. The summed E-state index contributed by atoms with van der Waals surface area (Å²) >= 11 is 0. The minimum atomic E-state index is -0.293. The molecule has 15 heavy (non-hydrogen) atoms. The summed E-state index contributed by atoms with van der Waals surface area (Å²) in [6.07, 6.45) is 0. The summed E-state index contributed by atoms with van der Waals surface area (Å²) in [6.45, 7) is 5.02. The number of esters is 1. The predicted octanol–water partition coefficient (Wildman–Crippen LogP) is 1.97. The highest BCUT2D eigenvalue weighted by Crippen LogP contribution is 2.05. The summed E-state index contributed by atoms with van der Waals surface area (Å²) in [5.74, 6) is -0.293. The molecule has 0 saturated carbocycles. The Hall–Kier alpha value is -1.35. The summed E-state index contributed by atoms with van der Waals surface area (Å²) in [5, 5.41) is 3.31. The van der Waals surface area contributed by atoms with Crippen molar-refractivity contribution in [2.45, 2.75) is 26.4 Å². The Labute approximate surface area is 90.4 Å². The highest BCUT2D eigenvalue weighted by molar-refractivity contribution is 5.89. The van der Waals surface area contributed by atoms with E-state index < -0.39 is 0 Å². The third kappa shape index (κ3) is 3.72. The zero-order chi connectivity index (χ0) is 11.3. The third-order valence-corrected chi connectivity index (χ3v) is 2.09. The Balaban J connectivity index is 2.60. The van der Waals surface area contributed by atoms with Gasteiger partial charge in [-0.25, -0.2) is 4.79 Å². The fourth-order valence-electron chi connectivity index (χ4n) is 1.20. The molecule has 0 unspecified atom stereocenters. The van der Waals surface area contributed by atoms with Crippen molar-refractivity contribution in [1.82, 2.24) is 5.32 Å². The summed E-state index contributed by atoms with van der Waals surface area (Å²) < 4.78 is 4.62. The molecule has 1 aromatic rings. The van der Waals surface area contributed by atoms with E-state index in [2.05, 4.69) is 23.9 Å². The van der Waals surface area contributed by atoms with Gasteiger partial charge in [0.1, 0.15) is 0 Å². The Kier molecular flexibility index (Phi) is 4.31. The van der Waals surface area contributed by atoms with Crippen LogP contribution in [-0.2, 0) is 11.3 Å². The van der Waals surface area contributed by atoms with Crippen molar-refractivity contribution in [2.24, 2.45) is 0 Å². The van der Waals surface area contributed by atoms with E-state index in [-0.39, 0.29) is 5.97 Å². The molecule has 0 aliphatic carbocycles. The summed E-state index contributed by atoms with van der Waals surface area (Å²) in [7, 11) is 1.39. The molecule has 3 heteroatoms. The molecule has 1 aromatic carbocycles. The van der Waals surface area contributed by atoms with Crippen LogP contribution in [0.1, 0.15) is 29.8 Å². The molecule has 0 aliphatic rings. The first-order chi connectivity index (χ1) is 7.13. The Morgan fingerprint density at radius 3 is 2.40 bits per heavy atom. The number of carbonyl (C=O) groups excluding carboxylic acids is 1. The molecule has 0 amide bonds. The van der Waals surface area contributed by atoms with E-state index in [4.69, 9.17) is 0 Å². The van der Waals surface area contributed by atoms with Gasteiger partial charge in [0.05, 0.1) is 12.7 Å². The molecule has 0 heterocycles. The molecular weight excluding hydrogens is 190 g/mol. The van der Waals surface area contributed by atoms with Crippen molar-refractivity contribution in [2.75, 3.05) is 7.11 Å². The van der Waals surface area contributed by atoms with E-state index in [1.165, 1.54) is 7.11 Å². The molecule has 0 radical (unpaired) electrons. The van der Waals surface area contributed by atoms with Gasteiger partial charge in [0.2, 0.25) is 0 Å². The van der Waals surface area contributed by atoms with Crippen molar-refractivity contribution >= 4 is 5.97 Å². The van der Waals surface area contributed by atoms with Crippen LogP contribution in [0.5, 0.6) is 0 Å². The van der Waals surface area contributed by atoms with Crippen LogP contribution in [0.3, 0.4) is 0 Å². The van der Waals surface area contributed by atoms with Crippen LogP contribution in [0.25, 0.3) is 0 Å². The molecule has 0 bridgehead atoms. The molecule has 82 valence electrons. The van der Waals surface area contributed by atoms with Crippen molar-refractivity contribution in [3.8, 4) is 0 Å². The first kappa shape index (κ1) is 11.7. The van der Waals surface area contributed by atoms with E-state index in [1.807, 2.05) is 12.1 Å². The lowest BCUT2D eigenvalue weighted by Gasteiger charge is -2.08.